The minimum atomic E-state index is -0.334. The van der Waals surface area contributed by atoms with Gasteiger partial charge in [0.25, 0.3) is 0 Å². The number of phenols is 1. The van der Waals surface area contributed by atoms with Crippen molar-refractivity contribution in [2.45, 2.75) is 111 Å². The first-order valence-electron chi connectivity index (χ1n) is 19.4. The molecule has 0 radical (unpaired) electrons. The number of piperidine rings is 2. The van der Waals surface area contributed by atoms with E-state index in [0.29, 0.717) is 77.3 Å². The average molecular weight is 719 g/mol. The predicted octanol–water partition coefficient (Wildman–Crippen LogP) is 6.33. The summed E-state index contributed by atoms with van der Waals surface area (Å²) in [4.78, 5) is 19.4. The molecule has 0 spiro atoms. The second kappa shape index (κ2) is 19.1. The molecule has 0 amide bonds. The maximum Gasteiger partial charge on any atom is 0.204 e. The molecule has 10 nitrogen and oxygen atoms in total. The van der Waals surface area contributed by atoms with Gasteiger partial charge in [-0.15, -0.1) is 0 Å². The van der Waals surface area contributed by atoms with Crippen LogP contribution in [0.25, 0.3) is 21.9 Å². The fourth-order valence-corrected chi connectivity index (χ4v) is 7.32. The number of unbranched alkanes of at least 4 members (excludes halogenated alkanes) is 2. The van der Waals surface area contributed by atoms with E-state index in [-0.39, 0.29) is 28.8 Å². The van der Waals surface area contributed by atoms with Crippen LogP contribution in [-0.2, 0) is 19.4 Å². The molecule has 10 heteroatoms. The van der Waals surface area contributed by atoms with Gasteiger partial charge in [0.05, 0.1) is 25.2 Å². The Balaban J connectivity index is 1.43. The number of aromatic hydroxyl groups is 1. The van der Waals surface area contributed by atoms with E-state index < -0.39 is 0 Å². The zero-order chi connectivity index (χ0) is 37.2. The van der Waals surface area contributed by atoms with Gasteiger partial charge < -0.3 is 45.4 Å². The van der Waals surface area contributed by atoms with Gasteiger partial charge in [-0.1, -0.05) is 23.3 Å². The van der Waals surface area contributed by atoms with E-state index in [9.17, 15) is 15.0 Å². The van der Waals surface area contributed by atoms with Gasteiger partial charge in [-0.05, 0) is 137 Å². The summed E-state index contributed by atoms with van der Waals surface area (Å²) in [5, 5.41) is 22.9. The first-order valence-corrected chi connectivity index (χ1v) is 19.4. The molecule has 2 aromatic carbocycles. The first kappa shape index (κ1) is 39.8. The summed E-state index contributed by atoms with van der Waals surface area (Å²) in [5.74, 6) is 0.896. The highest BCUT2D eigenvalue weighted by Crippen LogP contribution is 2.39. The number of nitrogens with two attached hydrogens (primary N) is 2. The lowest BCUT2D eigenvalue weighted by Gasteiger charge is -2.29. The third-order valence-corrected chi connectivity index (χ3v) is 10.6. The topological polar surface area (TPSA) is 148 Å². The van der Waals surface area contributed by atoms with Crippen LogP contribution in [0.5, 0.6) is 17.2 Å². The Morgan fingerprint density at radius 1 is 0.750 bits per heavy atom. The maximum absolute atomic E-state index is 14.5. The third-order valence-electron chi connectivity index (χ3n) is 10.6. The van der Waals surface area contributed by atoms with E-state index in [1.807, 2.05) is 39.8 Å². The highest BCUT2D eigenvalue weighted by Gasteiger charge is 2.24. The molecule has 6 N–H and O–H groups in total. The van der Waals surface area contributed by atoms with Crippen LogP contribution in [0.15, 0.2) is 44.6 Å². The van der Waals surface area contributed by atoms with Crippen molar-refractivity contribution in [3.63, 3.8) is 0 Å². The monoisotopic (exact) mass is 718 g/mol. The van der Waals surface area contributed by atoms with E-state index >= 15 is 0 Å². The molecule has 286 valence electrons. The molecule has 1 aromatic heterocycles. The summed E-state index contributed by atoms with van der Waals surface area (Å²) in [7, 11) is 0. The molecular formula is C42H62N4O6. The number of hydrogen-bond acceptors (Lipinski definition) is 10. The van der Waals surface area contributed by atoms with E-state index in [1.54, 1.807) is 12.1 Å². The highest BCUT2D eigenvalue weighted by atomic mass is 16.5. The molecule has 0 aliphatic carbocycles. The Morgan fingerprint density at radius 3 is 1.69 bits per heavy atom. The van der Waals surface area contributed by atoms with E-state index in [2.05, 4.69) is 9.80 Å². The summed E-state index contributed by atoms with van der Waals surface area (Å²) >= 11 is 0. The lowest BCUT2D eigenvalue weighted by molar-refractivity contribution is 0.202. The summed E-state index contributed by atoms with van der Waals surface area (Å²) in [5.41, 5.74) is 16.4. The van der Waals surface area contributed by atoms with Crippen LogP contribution in [0.2, 0.25) is 0 Å². The number of allylic oxidation sites excluding steroid dienone is 4. The Labute approximate surface area is 309 Å². The van der Waals surface area contributed by atoms with Crippen molar-refractivity contribution in [3.8, 4) is 17.2 Å². The zero-order valence-corrected chi connectivity index (χ0v) is 32.0. The highest BCUT2D eigenvalue weighted by molar-refractivity contribution is 5.97. The van der Waals surface area contributed by atoms with E-state index in [1.165, 1.54) is 0 Å². The number of likely N-dealkylation sites (tertiary alicyclic amines) is 2. The van der Waals surface area contributed by atoms with Crippen LogP contribution in [0.3, 0.4) is 0 Å². The van der Waals surface area contributed by atoms with Gasteiger partial charge in [0.15, 0.2) is 0 Å². The molecule has 2 fully saturated rings. The molecule has 3 heterocycles. The second-order valence-electron chi connectivity index (χ2n) is 15.3. The largest absolute Gasteiger partial charge is 0.507 e. The molecule has 2 aliphatic heterocycles. The standard InChI is InChI=1S/C42H62N4O6/c1-28(2)9-11-32-34(27-47)36(51-24-8-6-18-46-21-15-31(44)16-22-46)26-37-39(32)42(49)40-38(52-37)25-35(33(41(40)48)12-10-29(3)4)50-23-7-5-17-45-19-13-30(43)14-20-45/h9-10,25-26,30-31,47-48H,5-8,11-24,27,43-44H2,1-4H3. The van der Waals surface area contributed by atoms with Gasteiger partial charge in [0.2, 0.25) is 5.43 Å². The van der Waals surface area contributed by atoms with Crippen molar-refractivity contribution in [2.75, 3.05) is 52.5 Å². The number of ether oxygens (including phenoxy) is 2. The molecular weight excluding hydrogens is 656 g/mol. The Bertz CT molecular complexity index is 1760. The summed E-state index contributed by atoms with van der Waals surface area (Å²) in [6.07, 6.45) is 12.7. The van der Waals surface area contributed by atoms with Crippen molar-refractivity contribution >= 4 is 21.9 Å². The summed E-state index contributed by atoms with van der Waals surface area (Å²) < 4.78 is 19.1. The number of aliphatic hydroxyl groups is 1. The van der Waals surface area contributed by atoms with Crippen molar-refractivity contribution < 1.29 is 24.1 Å². The van der Waals surface area contributed by atoms with Crippen LogP contribution in [0.4, 0.5) is 0 Å². The number of hydrogen-bond donors (Lipinski definition) is 4. The van der Waals surface area contributed by atoms with Gasteiger partial charge in [-0.3, -0.25) is 4.79 Å². The molecule has 0 atom stereocenters. The minimum Gasteiger partial charge on any atom is -0.507 e. The van der Waals surface area contributed by atoms with Gasteiger partial charge in [0, 0.05) is 35.3 Å². The number of aliphatic hydroxyl groups excluding tert-OH is 1. The van der Waals surface area contributed by atoms with Crippen LogP contribution in [0.1, 0.15) is 95.8 Å². The van der Waals surface area contributed by atoms with Crippen molar-refractivity contribution in [1.82, 2.24) is 9.80 Å². The average Bonchev–Trinajstić information content (AvgIpc) is 3.11. The number of nitrogens with zero attached hydrogens (tertiary/aromatic N) is 2. The van der Waals surface area contributed by atoms with Crippen LogP contribution < -0.4 is 26.4 Å². The number of phenolic OH excluding ortho intramolecular Hbond substituents is 1. The molecule has 0 unspecified atom stereocenters. The van der Waals surface area contributed by atoms with Crippen molar-refractivity contribution in [3.05, 3.63) is 62.3 Å². The van der Waals surface area contributed by atoms with Crippen LogP contribution in [-0.4, -0.2) is 84.6 Å². The van der Waals surface area contributed by atoms with Gasteiger partial charge in [-0.25, -0.2) is 0 Å². The molecule has 2 aliphatic rings. The molecule has 3 aromatic rings. The number of rotatable bonds is 17. The Morgan fingerprint density at radius 2 is 1.21 bits per heavy atom. The molecule has 5 rings (SSSR count). The molecule has 0 bridgehead atoms. The van der Waals surface area contributed by atoms with Crippen molar-refractivity contribution in [2.24, 2.45) is 11.5 Å². The minimum absolute atomic E-state index is 0.120. The number of benzene rings is 2. The van der Waals surface area contributed by atoms with Gasteiger partial charge >= 0.3 is 0 Å². The molecule has 0 saturated carbocycles. The Kier molecular flexibility index (Phi) is 14.6. The maximum atomic E-state index is 14.5. The smallest absolute Gasteiger partial charge is 0.204 e. The fourth-order valence-electron chi connectivity index (χ4n) is 7.32. The van der Waals surface area contributed by atoms with E-state index in [0.717, 1.165) is 102 Å². The Hall–Kier alpha value is -3.41. The molecule has 2 saturated heterocycles. The SMILES string of the molecule is CC(C)=CCc1c(OCCCCN2CCC(N)CC2)cc2oc3cc(OCCCCN4CCC(N)CC4)c(CO)c(CC=C(C)C)c3c(=O)c2c1O. The fraction of sp³-hybridized carbons (Fsp3) is 0.595. The molecule has 52 heavy (non-hydrogen) atoms. The van der Waals surface area contributed by atoms with E-state index in [4.69, 9.17) is 25.4 Å². The summed E-state index contributed by atoms with van der Waals surface area (Å²) in [6.45, 7) is 14.8. The third kappa shape index (κ3) is 10.4. The number of fused-ring (bicyclic) bond motifs is 2. The first-order chi connectivity index (χ1) is 25.0. The van der Waals surface area contributed by atoms with Crippen LogP contribution >= 0.6 is 0 Å². The normalized spacial score (nSPS) is 16.4. The quantitative estimate of drug-likeness (QED) is 0.0710. The lowest BCUT2D eigenvalue weighted by Crippen LogP contribution is -2.40. The van der Waals surface area contributed by atoms with Crippen molar-refractivity contribution in [1.29, 1.82) is 0 Å². The van der Waals surface area contributed by atoms with Gasteiger partial charge in [-0.2, -0.15) is 0 Å². The predicted molar refractivity (Wildman–Crippen MR) is 211 cm³/mol. The lowest BCUT2D eigenvalue weighted by atomic mass is 9.95. The van der Waals surface area contributed by atoms with Gasteiger partial charge in [0.1, 0.15) is 33.8 Å². The second-order valence-corrected chi connectivity index (χ2v) is 15.3. The van der Waals surface area contributed by atoms with Crippen LogP contribution in [0, 0.1) is 0 Å². The summed E-state index contributed by atoms with van der Waals surface area (Å²) in [6, 6.07) is 4.10. The zero-order valence-electron chi connectivity index (χ0n) is 32.0.